The first-order chi connectivity index (χ1) is 11.5. The zero-order valence-corrected chi connectivity index (χ0v) is 14.1. The number of urea groups is 1. The van der Waals surface area contributed by atoms with Gasteiger partial charge in [0.05, 0.1) is 0 Å². The van der Waals surface area contributed by atoms with Gasteiger partial charge in [0.15, 0.2) is 0 Å². The molecule has 1 saturated heterocycles. The van der Waals surface area contributed by atoms with Crippen molar-refractivity contribution in [1.29, 1.82) is 0 Å². The van der Waals surface area contributed by atoms with Crippen LogP contribution in [0.5, 0.6) is 0 Å². The molecule has 2 fully saturated rings. The molecule has 0 bridgehead atoms. The third-order valence-electron chi connectivity index (χ3n) is 4.68. The zero-order chi connectivity index (χ0) is 17.2. The molecule has 24 heavy (non-hydrogen) atoms. The zero-order valence-electron chi connectivity index (χ0n) is 13.3. The van der Waals surface area contributed by atoms with E-state index in [4.69, 9.17) is 11.6 Å². The number of imide groups is 1. The largest absolute Gasteiger partial charge is 0.344 e. The topological polar surface area (TPSA) is 78.5 Å². The molecule has 0 radical (unpaired) electrons. The summed E-state index contributed by atoms with van der Waals surface area (Å²) in [7, 11) is 0. The number of amides is 4. The number of hydrazine groups is 1. The van der Waals surface area contributed by atoms with E-state index in [2.05, 4.69) is 10.7 Å². The van der Waals surface area contributed by atoms with Crippen LogP contribution in [0.2, 0.25) is 5.02 Å². The van der Waals surface area contributed by atoms with Crippen molar-refractivity contribution in [2.24, 2.45) is 0 Å². The monoisotopic (exact) mass is 349 g/mol. The predicted molar refractivity (Wildman–Crippen MR) is 89.1 cm³/mol. The van der Waals surface area contributed by atoms with E-state index >= 15 is 0 Å². The fraction of sp³-hybridized carbons (Fsp3) is 0.471. The van der Waals surface area contributed by atoms with Gasteiger partial charge in [0.25, 0.3) is 5.91 Å². The summed E-state index contributed by atoms with van der Waals surface area (Å²) in [5.41, 5.74) is 2.46. The van der Waals surface area contributed by atoms with E-state index in [1.165, 1.54) is 0 Å². The lowest BCUT2D eigenvalue weighted by Crippen LogP contribution is -2.51. The molecule has 1 heterocycles. The molecule has 1 aliphatic carbocycles. The van der Waals surface area contributed by atoms with Crippen molar-refractivity contribution in [2.45, 2.75) is 50.5 Å². The Balaban J connectivity index is 1.59. The lowest BCUT2D eigenvalue weighted by molar-refractivity contribution is -0.139. The third-order valence-corrected chi connectivity index (χ3v) is 5.05. The van der Waals surface area contributed by atoms with Gasteiger partial charge in [-0.05, 0) is 30.9 Å². The fourth-order valence-electron chi connectivity index (χ4n) is 3.35. The molecule has 128 valence electrons. The maximum atomic E-state index is 12.6. The standard InChI is InChI=1S/C17H20ClN3O3/c18-13-7-3-2-6-12(13)8-9-14(22)20-21-15(23)17(19-16(21)24)10-4-1-5-11-17/h2-3,6-7H,1,4-5,8-11H2,(H,19,24)(H,20,22). The van der Waals surface area contributed by atoms with Crippen LogP contribution in [-0.4, -0.2) is 28.4 Å². The molecule has 1 aromatic carbocycles. The average Bonchev–Trinajstić information content (AvgIpc) is 2.79. The van der Waals surface area contributed by atoms with Crippen LogP contribution in [0.3, 0.4) is 0 Å². The van der Waals surface area contributed by atoms with Crippen molar-refractivity contribution in [2.75, 3.05) is 0 Å². The Labute approximate surface area is 145 Å². The van der Waals surface area contributed by atoms with Gasteiger partial charge in [-0.2, -0.15) is 5.01 Å². The molecule has 6 nitrogen and oxygen atoms in total. The summed E-state index contributed by atoms with van der Waals surface area (Å²) in [4.78, 5) is 36.8. The molecule has 4 amide bonds. The first kappa shape index (κ1) is 16.8. The van der Waals surface area contributed by atoms with Crippen LogP contribution >= 0.6 is 11.6 Å². The number of nitrogens with zero attached hydrogens (tertiary/aromatic N) is 1. The molecule has 1 aromatic rings. The molecule has 2 aliphatic rings. The van der Waals surface area contributed by atoms with E-state index in [0.29, 0.717) is 24.3 Å². The summed E-state index contributed by atoms with van der Waals surface area (Å²) >= 11 is 6.06. The molecule has 7 heteroatoms. The number of carbonyl (C=O) groups excluding carboxylic acids is 3. The van der Waals surface area contributed by atoms with E-state index in [1.54, 1.807) is 6.07 Å². The summed E-state index contributed by atoms with van der Waals surface area (Å²) < 4.78 is 0. The van der Waals surface area contributed by atoms with Crippen LogP contribution in [0.15, 0.2) is 24.3 Å². The lowest BCUT2D eigenvalue weighted by atomic mass is 9.82. The van der Waals surface area contributed by atoms with Gasteiger partial charge in [0.1, 0.15) is 5.54 Å². The van der Waals surface area contributed by atoms with Gasteiger partial charge in [-0.1, -0.05) is 49.1 Å². The van der Waals surface area contributed by atoms with Crippen molar-refractivity contribution in [3.05, 3.63) is 34.9 Å². The van der Waals surface area contributed by atoms with Crippen LogP contribution in [0.25, 0.3) is 0 Å². The van der Waals surface area contributed by atoms with E-state index in [0.717, 1.165) is 29.8 Å². The van der Waals surface area contributed by atoms with Crippen molar-refractivity contribution in [1.82, 2.24) is 15.8 Å². The quantitative estimate of drug-likeness (QED) is 0.820. The second kappa shape index (κ2) is 6.81. The normalized spacial score (nSPS) is 19.5. The molecule has 0 aromatic heterocycles. The van der Waals surface area contributed by atoms with Gasteiger partial charge in [0, 0.05) is 11.4 Å². The first-order valence-electron chi connectivity index (χ1n) is 8.21. The number of rotatable bonds is 4. The van der Waals surface area contributed by atoms with Crippen LogP contribution in [0.4, 0.5) is 4.79 Å². The van der Waals surface area contributed by atoms with Crippen molar-refractivity contribution in [3.63, 3.8) is 0 Å². The highest BCUT2D eigenvalue weighted by molar-refractivity contribution is 6.31. The number of halogens is 1. The highest BCUT2D eigenvalue weighted by Gasteiger charge is 2.52. The SMILES string of the molecule is O=C(CCc1ccccc1Cl)NN1C(=O)NC2(CCCCC2)C1=O. The summed E-state index contributed by atoms with van der Waals surface area (Å²) in [6.45, 7) is 0. The summed E-state index contributed by atoms with van der Waals surface area (Å²) in [6.07, 6.45) is 4.72. The fourth-order valence-corrected chi connectivity index (χ4v) is 3.58. The smallest absolute Gasteiger partial charge is 0.322 e. The van der Waals surface area contributed by atoms with Gasteiger partial charge in [-0.3, -0.25) is 15.0 Å². The Morgan fingerprint density at radius 1 is 1.21 bits per heavy atom. The molecule has 0 atom stereocenters. The molecule has 1 aliphatic heterocycles. The van der Waals surface area contributed by atoms with Gasteiger partial charge < -0.3 is 5.32 Å². The Bertz CT molecular complexity index is 671. The van der Waals surface area contributed by atoms with Crippen LogP contribution < -0.4 is 10.7 Å². The maximum absolute atomic E-state index is 12.6. The highest BCUT2D eigenvalue weighted by atomic mass is 35.5. The second-order valence-electron chi connectivity index (χ2n) is 6.34. The molecule has 0 unspecified atom stereocenters. The summed E-state index contributed by atoms with van der Waals surface area (Å²) in [6, 6.07) is 6.74. The minimum atomic E-state index is -0.828. The minimum Gasteiger partial charge on any atom is -0.322 e. The van der Waals surface area contributed by atoms with Crippen LogP contribution in [-0.2, 0) is 16.0 Å². The van der Waals surface area contributed by atoms with Crippen LogP contribution in [0, 0.1) is 0 Å². The van der Waals surface area contributed by atoms with E-state index in [-0.39, 0.29) is 18.2 Å². The maximum Gasteiger partial charge on any atom is 0.344 e. The highest BCUT2D eigenvalue weighted by Crippen LogP contribution is 2.33. The van der Waals surface area contributed by atoms with Crippen LogP contribution in [0.1, 0.15) is 44.1 Å². The number of benzene rings is 1. The van der Waals surface area contributed by atoms with Gasteiger partial charge in [0.2, 0.25) is 5.91 Å². The molecule has 1 saturated carbocycles. The number of hydrogen-bond donors (Lipinski definition) is 2. The third kappa shape index (κ3) is 3.24. The van der Waals surface area contributed by atoms with Gasteiger partial charge >= 0.3 is 6.03 Å². The molecular weight excluding hydrogens is 330 g/mol. The predicted octanol–water partition coefficient (Wildman–Crippen LogP) is 2.56. The second-order valence-corrected chi connectivity index (χ2v) is 6.75. The molecule has 1 spiro atoms. The molecule has 2 N–H and O–H groups in total. The Hall–Kier alpha value is -2.08. The van der Waals surface area contributed by atoms with Crippen molar-refractivity contribution >= 4 is 29.4 Å². The minimum absolute atomic E-state index is 0.147. The Morgan fingerprint density at radius 2 is 1.92 bits per heavy atom. The summed E-state index contributed by atoms with van der Waals surface area (Å²) in [5.74, 6) is -0.732. The Kier molecular flexibility index (Phi) is 4.76. The number of nitrogens with one attached hydrogen (secondary N) is 2. The number of carbonyl (C=O) groups is 3. The van der Waals surface area contributed by atoms with Gasteiger partial charge in [-0.25, -0.2) is 4.79 Å². The van der Waals surface area contributed by atoms with E-state index < -0.39 is 11.6 Å². The van der Waals surface area contributed by atoms with Crippen molar-refractivity contribution in [3.8, 4) is 0 Å². The summed E-state index contributed by atoms with van der Waals surface area (Å²) in [5, 5.41) is 4.19. The number of hydrogen-bond acceptors (Lipinski definition) is 3. The number of aryl methyl sites for hydroxylation is 1. The van der Waals surface area contributed by atoms with E-state index in [1.807, 2.05) is 18.2 Å². The molecular formula is C17H20ClN3O3. The Morgan fingerprint density at radius 3 is 2.62 bits per heavy atom. The average molecular weight is 350 g/mol. The van der Waals surface area contributed by atoms with Gasteiger partial charge in [-0.15, -0.1) is 0 Å². The molecule has 3 rings (SSSR count). The van der Waals surface area contributed by atoms with Crippen molar-refractivity contribution < 1.29 is 14.4 Å². The first-order valence-corrected chi connectivity index (χ1v) is 8.59. The van der Waals surface area contributed by atoms with E-state index in [9.17, 15) is 14.4 Å². The lowest BCUT2D eigenvalue weighted by Gasteiger charge is -2.30.